The first-order chi connectivity index (χ1) is 14.4. The van der Waals surface area contributed by atoms with Gasteiger partial charge < -0.3 is 23.9 Å². The van der Waals surface area contributed by atoms with Gasteiger partial charge in [-0.1, -0.05) is 6.92 Å². The van der Waals surface area contributed by atoms with Gasteiger partial charge in [-0.25, -0.2) is 4.79 Å². The number of carbonyl (C=O) groups excluding carboxylic acids is 2. The van der Waals surface area contributed by atoms with Gasteiger partial charge in [0.1, 0.15) is 11.3 Å². The predicted octanol–water partition coefficient (Wildman–Crippen LogP) is 1.36. The Labute approximate surface area is 176 Å². The summed E-state index contributed by atoms with van der Waals surface area (Å²) in [5, 5.41) is 0.861. The van der Waals surface area contributed by atoms with Crippen LogP contribution in [0.2, 0.25) is 0 Å². The number of nitrogens with zero attached hydrogens (tertiary/aromatic N) is 3. The molecule has 162 valence electrons. The van der Waals surface area contributed by atoms with Crippen molar-refractivity contribution < 1.29 is 18.7 Å². The summed E-state index contributed by atoms with van der Waals surface area (Å²) in [5.41, 5.74) is 0.957. The van der Waals surface area contributed by atoms with E-state index in [1.54, 1.807) is 17.0 Å². The molecule has 1 aromatic carbocycles. The molecule has 0 atom stereocenters. The molecule has 0 unspecified atom stereocenters. The largest absolute Gasteiger partial charge is 0.484 e. The van der Waals surface area contributed by atoms with Crippen LogP contribution < -0.4 is 10.4 Å². The second-order valence-corrected chi connectivity index (χ2v) is 7.71. The molecule has 1 aliphatic rings. The molecule has 3 rings (SSSR count). The van der Waals surface area contributed by atoms with Gasteiger partial charge in [0, 0.05) is 56.7 Å². The van der Waals surface area contributed by atoms with Crippen molar-refractivity contribution in [1.29, 1.82) is 0 Å². The SMILES string of the molecule is CCc1cc(=O)oc2cc(OCC(=O)N3CCC(=O)N(CCN(C)C)CC3)ccc12. The molecule has 8 heteroatoms. The molecule has 0 radical (unpaired) electrons. The number of rotatable bonds is 7. The summed E-state index contributed by atoms with van der Waals surface area (Å²) in [6.45, 7) is 4.71. The molecule has 8 nitrogen and oxygen atoms in total. The lowest BCUT2D eigenvalue weighted by Crippen LogP contribution is -2.40. The zero-order valence-electron chi connectivity index (χ0n) is 17.8. The third-order valence-corrected chi connectivity index (χ3v) is 5.30. The summed E-state index contributed by atoms with van der Waals surface area (Å²) in [5.74, 6) is 0.372. The fourth-order valence-corrected chi connectivity index (χ4v) is 3.50. The quantitative estimate of drug-likeness (QED) is 0.635. The van der Waals surface area contributed by atoms with E-state index in [0.29, 0.717) is 43.9 Å². The van der Waals surface area contributed by atoms with Crippen LogP contribution in [-0.4, -0.2) is 79.9 Å². The summed E-state index contributed by atoms with van der Waals surface area (Å²) >= 11 is 0. The molecule has 0 spiro atoms. The van der Waals surface area contributed by atoms with Crippen LogP contribution in [0, 0.1) is 0 Å². The average molecular weight is 415 g/mol. The van der Waals surface area contributed by atoms with Crippen LogP contribution in [0.25, 0.3) is 11.0 Å². The first kappa shape index (κ1) is 21.8. The maximum atomic E-state index is 12.6. The van der Waals surface area contributed by atoms with Crippen molar-refractivity contribution in [2.75, 3.05) is 53.4 Å². The van der Waals surface area contributed by atoms with Crippen LogP contribution in [0.4, 0.5) is 0 Å². The van der Waals surface area contributed by atoms with Gasteiger partial charge in [0.2, 0.25) is 5.91 Å². The number of likely N-dealkylation sites (N-methyl/N-ethyl adjacent to an activating group) is 1. The van der Waals surface area contributed by atoms with Crippen molar-refractivity contribution in [3.8, 4) is 5.75 Å². The topological polar surface area (TPSA) is 83.3 Å². The Morgan fingerprint density at radius 3 is 2.70 bits per heavy atom. The minimum atomic E-state index is -0.402. The van der Waals surface area contributed by atoms with Crippen molar-refractivity contribution >= 4 is 22.8 Å². The molecule has 1 saturated heterocycles. The Morgan fingerprint density at radius 1 is 1.17 bits per heavy atom. The maximum Gasteiger partial charge on any atom is 0.336 e. The fraction of sp³-hybridized carbons (Fsp3) is 0.500. The van der Waals surface area contributed by atoms with E-state index < -0.39 is 5.63 Å². The van der Waals surface area contributed by atoms with E-state index in [-0.39, 0.29) is 18.4 Å². The minimum Gasteiger partial charge on any atom is -0.484 e. The molecule has 2 aromatic rings. The van der Waals surface area contributed by atoms with E-state index in [0.717, 1.165) is 23.9 Å². The molecule has 30 heavy (non-hydrogen) atoms. The number of amides is 2. The Balaban J connectivity index is 1.60. The van der Waals surface area contributed by atoms with Crippen LogP contribution in [-0.2, 0) is 16.0 Å². The van der Waals surface area contributed by atoms with Gasteiger partial charge in [-0.15, -0.1) is 0 Å². The van der Waals surface area contributed by atoms with E-state index in [4.69, 9.17) is 9.15 Å². The summed E-state index contributed by atoms with van der Waals surface area (Å²) in [6.07, 6.45) is 1.04. The fourth-order valence-electron chi connectivity index (χ4n) is 3.50. The molecule has 0 N–H and O–H groups in total. The van der Waals surface area contributed by atoms with E-state index in [9.17, 15) is 14.4 Å². The van der Waals surface area contributed by atoms with Gasteiger partial charge in [-0.3, -0.25) is 9.59 Å². The van der Waals surface area contributed by atoms with Gasteiger partial charge in [0.25, 0.3) is 5.91 Å². The van der Waals surface area contributed by atoms with Gasteiger partial charge in [-0.05, 0) is 38.2 Å². The average Bonchev–Trinajstić information content (AvgIpc) is 2.90. The second kappa shape index (κ2) is 9.75. The van der Waals surface area contributed by atoms with Crippen LogP contribution in [0.3, 0.4) is 0 Å². The van der Waals surface area contributed by atoms with E-state index in [2.05, 4.69) is 0 Å². The second-order valence-electron chi connectivity index (χ2n) is 7.71. The number of hydrogen-bond donors (Lipinski definition) is 0. The van der Waals surface area contributed by atoms with Gasteiger partial charge >= 0.3 is 5.63 Å². The summed E-state index contributed by atoms with van der Waals surface area (Å²) in [6, 6.07) is 6.74. The standard InChI is InChI=1S/C22H29N3O5/c1-4-16-13-22(28)30-19-14-17(5-6-18(16)19)29-15-21(27)24-8-7-20(26)25(12-11-24)10-9-23(2)3/h5-6,13-14H,4,7-12,15H2,1-3H3. The molecule has 2 heterocycles. The van der Waals surface area contributed by atoms with Crippen molar-refractivity contribution in [1.82, 2.24) is 14.7 Å². The first-order valence-corrected chi connectivity index (χ1v) is 10.3. The Kier molecular flexibility index (Phi) is 7.10. The number of carbonyl (C=O) groups is 2. The molecule has 0 bridgehead atoms. The number of fused-ring (bicyclic) bond motifs is 1. The smallest absolute Gasteiger partial charge is 0.336 e. The van der Waals surface area contributed by atoms with Crippen molar-refractivity contribution in [3.63, 3.8) is 0 Å². The molecule has 1 fully saturated rings. The minimum absolute atomic E-state index is 0.0735. The Bertz CT molecular complexity index is 969. The van der Waals surface area contributed by atoms with Gasteiger partial charge in [0.05, 0.1) is 0 Å². The number of aryl methyl sites for hydroxylation is 1. The van der Waals surface area contributed by atoms with Crippen molar-refractivity contribution in [2.45, 2.75) is 19.8 Å². The highest BCUT2D eigenvalue weighted by Gasteiger charge is 2.24. The van der Waals surface area contributed by atoms with E-state index in [1.807, 2.05) is 36.9 Å². The maximum absolute atomic E-state index is 12.6. The monoisotopic (exact) mass is 415 g/mol. The molecule has 1 aromatic heterocycles. The molecule has 2 amide bonds. The molecular formula is C22H29N3O5. The Hall–Kier alpha value is -2.87. The normalized spacial score (nSPS) is 15.0. The Morgan fingerprint density at radius 2 is 1.97 bits per heavy atom. The van der Waals surface area contributed by atoms with Crippen LogP contribution in [0.15, 0.2) is 33.5 Å². The summed E-state index contributed by atoms with van der Waals surface area (Å²) < 4.78 is 10.9. The number of ether oxygens (including phenoxy) is 1. The lowest BCUT2D eigenvalue weighted by molar-refractivity contribution is -0.133. The molecule has 0 saturated carbocycles. The summed E-state index contributed by atoms with van der Waals surface area (Å²) in [4.78, 5) is 42.1. The van der Waals surface area contributed by atoms with E-state index >= 15 is 0 Å². The first-order valence-electron chi connectivity index (χ1n) is 10.3. The van der Waals surface area contributed by atoms with E-state index in [1.165, 1.54) is 6.07 Å². The number of benzene rings is 1. The predicted molar refractivity (Wildman–Crippen MR) is 114 cm³/mol. The zero-order valence-corrected chi connectivity index (χ0v) is 17.8. The highest BCUT2D eigenvalue weighted by atomic mass is 16.5. The molecule has 0 aliphatic carbocycles. The van der Waals surface area contributed by atoms with Crippen LogP contribution in [0.5, 0.6) is 5.75 Å². The molecule has 1 aliphatic heterocycles. The number of hydrogen-bond acceptors (Lipinski definition) is 6. The van der Waals surface area contributed by atoms with Crippen LogP contribution in [0.1, 0.15) is 18.9 Å². The summed E-state index contributed by atoms with van der Waals surface area (Å²) in [7, 11) is 3.94. The zero-order chi connectivity index (χ0) is 21.7. The van der Waals surface area contributed by atoms with Crippen molar-refractivity contribution in [3.05, 3.63) is 40.2 Å². The molecular weight excluding hydrogens is 386 g/mol. The lowest BCUT2D eigenvalue weighted by atomic mass is 10.1. The van der Waals surface area contributed by atoms with Gasteiger partial charge in [-0.2, -0.15) is 0 Å². The van der Waals surface area contributed by atoms with Crippen LogP contribution >= 0.6 is 0 Å². The third kappa shape index (κ3) is 5.38. The third-order valence-electron chi connectivity index (χ3n) is 5.30. The highest BCUT2D eigenvalue weighted by Crippen LogP contribution is 2.23. The lowest BCUT2D eigenvalue weighted by Gasteiger charge is -2.23. The van der Waals surface area contributed by atoms with Gasteiger partial charge in [0.15, 0.2) is 6.61 Å². The van der Waals surface area contributed by atoms with Crippen molar-refractivity contribution in [2.24, 2.45) is 0 Å². The highest BCUT2D eigenvalue weighted by molar-refractivity contribution is 5.83.